The van der Waals surface area contributed by atoms with Crippen molar-refractivity contribution in [2.45, 2.75) is 4.90 Å². The van der Waals surface area contributed by atoms with E-state index < -0.39 is 10.0 Å². The molecule has 0 bridgehead atoms. The van der Waals surface area contributed by atoms with Crippen molar-refractivity contribution in [3.8, 4) is 11.3 Å². The third-order valence-electron chi connectivity index (χ3n) is 4.87. The molecule has 1 aromatic heterocycles. The van der Waals surface area contributed by atoms with Crippen molar-refractivity contribution in [3.05, 3.63) is 69.1 Å². The van der Waals surface area contributed by atoms with Gasteiger partial charge in [-0.25, -0.2) is 8.42 Å². The van der Waals surface area contributed by atoms with Gasteiger partial charge in [0.2, 0.25) is 10.0 Å². The lowest BCUT2D eigenvalue weighted by Crippen LogP contribution is -2.48. The highest BCUT2D eigenvalue weighted by atomic mass is 79.9. The standard InChI is InChI=1S/C20H17BrCl2N4O2S/c21-14-1-4-16(5-2-14)30(28,29)27-11-9-26(10-12-27)20-8-7-19(24-25-20)17-6-3-15(22)13-18(17)23/h1-8,13H,9-12H2. The summed E-state index contributed by atoms with van der Waals surface area (Å²) in [6, 6.07) is 15.6. The number of sulfonamides is 1. The second-order valence-electron chi connectivity index (χ2n) is 6.75. The Kier molecular flexibility index (Phi) is 6.31. The van der Waals surface area contributed by atoms with E-state index in [0.717, 1.165) is 10.0 Å². The van der Waals surface area contributed by atoms with E-state index in [9.17, 15) is 8.42 Å². The molecule has 0 amide bonds. The zero-order valence-corrected chi connectivity index (χ0v) is 19.6. The molecule has 0 radical (unpaired) electrons. The van der Waals surface area contributed by atoms with Gasteiger partial charge in [0.15, 0.2) is 5.82 Å². The van der Waals surface area contributed by atoms with Gasteiger partial charge in [0.25, 0.3) is 0 Å². The summed E-state index contributed by atoms with van der Waals surface area (Å²) in [4.78, 5) is 2.32. The first-order chi connectivity index (χ1) is 14.3. The highest BCUT2D eigenvalue weighted by Gasteiger charge is 2.29. The van der Waals surface area contributed by atoms with Crippen molar-refractivity contribution in [2.75, 3.05) is 31.1 Å². The molecule has 1 fully saturated rings. The largest absolute Gasteiger partial charge is 0.352 e. The molecule has 4 rings (SSSR count). The van der Waals surface area contributed by atoms with Gasteiger partial charge in [-0.1, -0.05) is 39.1 Å². The Morgan fingerprint density at radius 3 is 2.17 bits per heavy atom. The van der Waals surface area contributed by atoms with Crippen LogP contribution in [-0.4, -0.2) is 49.1 Å². The summed E-state index contributed by atoms with van der Waals surface area (Å²) in [5.41, 5.74) is 1.40. The number of rotatable bonds is 4. The summed E-state index contributed by atoms with van der Waals surface area (Å²) >= 11 is 15.5. The minimum Gasteiger partial charge on any atom is -0.352 e. The number of hydrogen-bond acceptors (Lipinski definition) is 5. The Morgan fingerprint density at radius 2 is 1.57 bits per heavy atom. The third kappa shape index (κ3) is 4.48. The number of aromatic nitrogens is 2. The lowest BCUT2D eigenvalue weighted by Gasteiger charge is -2.34. The molecular formula is C20H17BrCl2N4O2S. The van der Waals surface area contributed by atoms with Crippen LogP contribution in [0.4, 0.5) is 5.82 Å². The van der Waals surface area contributed by atoms with Gasteiger partial charge < -0.3 is 4.90 Å². The Bertz CT molecular complexity index is 1150. The van der Waals surface area contributed by atoms with Crippen LogP contribution >= 0.6 is 39.1 Å². The van der Waals surface area contributed by atoms with Crippen LogP contribution in [0.2, 0.25) is 10.0 Å². The molecule has 0 aliphatic carbocycles. The fraction of sp³-hybridized carbons (Fsp3) is 0.200. The third-order valence-corrected chi connectivity index (χ3v) is 7.86. The summed E-state index contributed by atoms with van der Waals surface area (Å²) in [6.07, 6.45) is 0. The van der Waals surface area contributed by atoms with E-state index in [-0.39, 0.29) is 0 Å². The van der Waals surface area contributed by atoms with Gasteiger partial charge in [0.05, 0.1) is 15.6 Å². The van der Waals surface area contributed by atoms with Crippen molar-refractivity contribution in [3.63, 3.8) is 0 Å². The number of hydrogen-bond donors (Lipinski definition) is 0. The minimum atomic E-state index is -3.51. The normalized spacial score (nSPS) is 15.4. The molecule has 2 aromatic carbocycles. The fourth-order valence-corrected chi connectivity index (χ4v) is 5.44. The molecule has 0 N–H and O–H groups in total. The summed E-state index contributed by atoms with van der Waals surface area (Å²) in [6.45, 7) is 1.83. The van der Waals surface area contributed by atoms with E-state index >= 15 is 0 Å². The summed E-state index contributed by atoms with van der Waals surface area (Å²) in [5, 5.41) is 9.66. The first-order valence-electron chi connectivity index (χ1n) is 9.14. The molecule has 1 saturated heterocycles. The Labute approximate surface area is 193 Å². The van der Waals surface area contributed by atoms with Crippen LogP contribution in [0.25, 0.3) is 11.3 Å². The SMILES string of the molecule is O=S(=O)(c1ccc(Br)cc1)N1CCN(c2ccc(-c3ccc(Cl)cc3Cl)nn2)CC1. The summed E-state index contributed by atoms with van der Waals surface area (Å²) < 4.78 is 28.0. The number of nitrogens with zero attached hydrogens (tertiary/aromatic N) is 4. The monoisotopic (exact) mass is 526 g/mol. The summed E-state index contributed by atoms with van der Waals surface area (Å²) in [5.74, 6) is 0.699. The second-order valence-corrected chi connectivity index (χ2v) is 10.4. The van der Waals surface area contributed by atoms with Crippen LogP contribution < -0.4 is 4.90 Å². The number of benzene rings is 2. The average molecular weight is 528 g/mol. The molecule has 1 aliphatic rings. The van der Waals surface area contributed by atoms with E-state index in [0.29, 0.717) is 52.6 Å². The summed E-state index contributed by atoms with van der Waals surface area (Å²) in [7, 11) is -3.51. The zero-order valence-electron chi connectivity index (χ0n) is 15.7. The molecule has 10 heteroatoms. The van der Waals surface area contributed by atoms with Crippen molar-refractivity contribution in [2.24, 2.45) is 0 Å². The maximum atomic E-state index is 12.8. The molecule has 3 aromatic rings. The van der Waals surface area contributed by atoms with Crippen LogP contribution in [0.5, 0.6) is 0 Å². The van der Waals surface area contributed by atoms with Gasteiger partial charge >= 0.3 is 0 Å². The maximum Gasteiger partial charge on any atom is 0.243 e. The molecule has 0 unspecified atom stereocenters. The Balaban J connectivity index is 1.44. The fourth-order valence-electron chi connectivity index (χ4n) is 3.25. The molecular weight excluding hydrogens is 511 g/mol. The predicted molar refractivity (Wildman–Crippen MR) is 123 cm³/mol. The van der Waals surface area contributed by atoms with E-state index in [1.54, 1.807) is 42.5 Å². The maximum absolute atomic E-state index is 12.8. The molecule has 2 heterocycles. The highest BCUT2D eigenvalue weighted by Crippen LogP contribution is 2.29. The highest BCUT2D eigenvalue weighted by molar-refractivity contribution is 9.10. The molecule has 0 spiro atoms. The first kappa shape index (κ1) is 21.5. The van der Waals surface area contributed by atoms with Gasteiger partial charge in [-0.05, 0) is 54.6 Å². The lowest BCUT2D eigenvalue weighted by atomic mass is 10.1. The topological polar surface area (TPSA) is 66.4 Å². The van der Waals surface area contributed by atoms with Gasteiger partial charge in [0, 0.05) is 41.2 Å². The van der Waals surface area contributed by atoms with Crippen LogP contribution in [-0.2, 0) is 10.0 Å². The lowest BCUT2D eigenvalue weighted by molar-refractivity contribution is 0.383. The van der Waals surface area contributed by atoms with Crippen molar-refractivity contribution < 1.29 is 8.42 Å². The Hall–Kier alpha value is -1.71. The first-order valence-corrected chi connectivity index (χ1v) is 12.1. The molecule has 6 nitrogen and oxygen atoms in total. The molecule has 30 heavy (non-hydrogen) atoms. The number of anilines is 1. The molecule has 156 valence electrons. The quantitative estimate of drug-likeness (QED) is 0.491. The van der Waals surface area contributed by atoms with Crippen molar-refractivity contribution in [1.82, 2.24) is 14.5 Å². The van der Waals surface area contributed by atoms with Crippen LogP contribution in [0.15, 0.2) is 64.0 Å². The van der Waals surface area contributed by atoms with Gasteiger partial charge in [-0.3, -0.25) is 0 Å². The minimum absolute atomic E-state index is 0.295. The van der Waals surface area contributed by atoms with Crippen LogP contribution in [0.1, 0.15) is 0 Å². The molecule has 0 saturated carbocycles. The number of halogens is 3. The predicted octanol–water partition coefficient (Wildman–Crippen LogP) is 4.72. The van der Waals surface area contributed by atoms with E-state index in [4.69, 9.17) is 23.2 Å². The van der Waals surface area contributed by atoms with Gasteiger partial charge in [-0.2, -0.15) is 4.31 Å². The average Bonchev–Trinajstić information content (AvgIpc) is 2.74. The zero-order chi connectivity index (χ0) is 21.3. The van der Waals surface area contributed by atoms with E-state index in [1.807, 2.05) is 17.0 Å². The van der Waals surface area contributed by atoms with Crippen molar-refractivity contribution >= 4 is 55.0 Å². The Morgan fingerprint density at radius 1 is 0.867 bits per heavy atom. The van der Waals surface area contributed by atoms with E-state index in [2.05, 4.69) is 26.1 Å². The second kappa shape index (κ2) is 8.80. The van der Waals surface area contributed by atoms with E-state index in [1.165, 1.54) is 4.31 Å². The molecule has 0 atom stereocenters. The van der Waals surface area contributed by atoms with Gasteiger partial charge in [-0.15, -0.1) is 10.2 Å². The van der Waals surface area contributed by atoms with Gasteiger partial charge in [0.1, 0.15) is 0 Å². The van der Waals surface area contributed by atoms with Crippen molar-refractivity contribution in [1.29, 1.82) is 0 Å². The number of piperazine rings is 1. The smallest absolute Gasteiger partial charge is 0.243 e. The van der Waals surface area contributed by atoms with Crippen LogP contribution in [0.3, 0.4) is 0 Å². The molecule has 1 aliphatic heterocycles. The van der Waals surface area contributed by atoms with Crippen LogP contribution in [0, 0.1) is 0 Å².